The molecule has 1 amide bonds. The molecule has 0 aliphatic carbocycles. The highest BCUT2D eigenvalue weighted by molar-refractivity contribution is 6.32. The summed E-state index contributed by atoms with van der Waals surface area (Å²) in [6.07, 6.45) is 0. The van der Waals surface area contributed by atoms with Gasteiger partial charge in [-0.2, -0.15) is 0 Å². The second kappa shape index (κ2) is 8.63. The molecule has 0 saturated carbocycles. The van der Waals surface area contributed by atoms with Gasteiger partial charge in [0.2, 0.25) is 0 Å². The van der Waals surface area contributed by atoms with E-state index >= 15 is 0 Å². The Kier molecular flexibility index (Phi) is 6.28. The largest absolute Gasteiger partial charge is 0.478 e. The van der Waals surface area contributed by atoms with Crippen molar-refractivity contribution in [3.8, 4) is 0 Å². The molecule has 0 aliphatic heterocycles. The van der Waals surface area contributed by atoms with Crippen LogP contribution in [0.25, 0.3) is 0 Å². The number of carboxylic acids is 1. The van der Waals surface area contributed by atoms with E-state index in [-0.39, 0.29) is 25.3 Å². The van der Waals surface area contributed by atoms with Crippen molar-refractivity contribution in [2.45, 2.75) is 20.0 Å². The average molecular weight is 341 g/mol. The van der Waals surface area contributed by atoms with Gasteiger partial charge in [0.1, 0.15) is 0 Å². The summed E-state index contributed by atoms with van der Waals surface area (Å²) in [6, 6.07) is 15.5. The lowest BCUT2D eigenvalue weighted by Gasteiger charge is -2.22. The Morgan fingerprint density at radius 3 is 2.00 bits per heavy atom. The summed E-state index contributed by atoms with van der Waals surface area (Å²) >= 11 is 0. The van der Waals surface area contributed by atoms with E-state index in [4.69, 9.17) is 9.84 Å². The van der Waals surface area contributed by atoms with Gasteiger partial charge in [-0.1, -0.05) is 42.5 Å². The van der Waals surface area contributed by atoms with Gasteiger partial charge >= 0.3 is 17.8 Å². The Bertz CT molecular complexity index is 740. The number of hydrogen-bond donors (Lipinski definition) is 1. The van der Waals surface area contributed by atoms with E-state index in [1.165, 1.54) is 17.0 Å². The standard InChI is InChI=1S/C19H19NO5/c1-2-25-19(24)17(21)20(12-14-6-4-3-5-7-14)13-15-8-10-16(11-9-15)18(22)23/h3-11H,2,12-13H2,1H3,(H,22,23). The number of benzene rings is 2. The molecule has 130 valence electrons. The quantitative estimate of drug-likeness (QED) is 0.644. The number of aromatic carboxylic acids is 1. The van der Waals surface area contributed by atoms with Crippen molar-refractivity contribution in [1.29, 1.82) is 0 Å². The van der Waals surface area contributed by atoms with Crippen LogP contribution in [0.1, 0.15) is 28.4 Å². The van der Waals surface area contributed by atoms with Crippen LogP contribution >= 0.6 is 0 Å². The second-order valence-electron chi connectivity index (χ2n) is 5.37. The van der Waals surface area contributed by atoms with Crippen LogP contribution in [-0.2, 0) is 27.4 Å². The molecule has 0 fully saturated rings. The summed E-state index contributed by atoms with van der Waals surface area (Å²) in [4.78, 5) is 36.5. The minimum Gasteiger partial charge on any atom is -0.478 e. The smallest absolute Gasteiger partial charge is 0.397 e. The van der Waals surface area contributed by atoms with Gasteiger partial charge in [-0.15, -0.1) is 0 Å². The molecular formula is C19H19NO5. The number of amides is 1. The summed E-state index contributed by atoms with van der Waals surface area (Å²) in [5, 5.41) is 8.95. The molecule has 0 aliphatic rings. The third-order valence-corrected chi connectivity index (χ3v) is 3.53. The van der Waals surface area contributed by atoms with E-state index < -0.39 is 17.8 Å². The molecule has 0 atom stereocenters. The average Bonchev–Trinajstić information content (AvgIpc) is 2.62. The maximum atomic E-state index is 12.4. The lowest BCUT2D eigenvalue weighted by atomic mass is 10.1. The minimum atomic E-state index is -1.02. The van der Waals surface area contributed by atoms with Crippen LogP contribution in [-0.4, -0.2) is 34.5 Å². The Balaban J connectivity index is 2.19. The summed E-state index contributed by atoms with van der Waals surface area (Å²) in [5.74, 6) is -2.65. The molecule has 0 radical (unpaired) electrons. The molecule has 6 nitrogen and oxygen atoms in total. The number of carbonyl (C=O) groups excluding carboxylic acids is 2. The maximum Gasteiger partial charge on any atom is 0.397 e. The molecule has 2 aromatic carbocycles. The SMILES string of the molecule is CCOC(=O)C(=O)N(Cc1ccccc1)Cc1ccc(C(=O)O)cc1. The van der Waals surface area contributed by atoms with Crippen LogP contribution in [0.2, 0.25) is 0 Å². The van der Waals surface area contributed by atoms with Crippen LogP contribution < -0.4 is 0 Å². The zero-order valence-electron chi connectivity index (χ0n) is 13.8. The van der Waals surface area contributed by atoms with E-state index in [0.29, 0.717) is 0 Å². The van der Waals surface area contributed by atoms with Gasteiger partial charge in [-0.25, -0.2) is 9.59 Å². The Hall–Kier alpha value is -3.15. The third-order valence-electron chi connectivity index (χ3n) is 3.53. The van der Waals surface area contributed by atoms with Crippen LogP contribution in [0.4, 0.5) is 0 Å². The normalized spacial score (nSPS) is 10.1. The fourth-order valence-electron chi connectivity index (χ4n) is 2.30. The molecule has 1 N–H and O–H groups in total. The van der Waals surface area contributed by atoms with Gasteiger partial charge in [0.15, 0.2) is 0 Å². The zero-order chi connectivity index (χ0) is 18.2. The van der Waals surface area contributed by atoms with E-state index in [1.807, 2.05) is 30.3 Å². The molecule has 0 heterocycles. The first-order valence-electron chi connectivity index (χ1n) is 7.83. The number of carbonyl (C=O) groups is 3. The van der Waals surface area contributed by atoms with Crippen molar-refractivity contribution in [3.63, 3.8) is 0 Å². The molecule has 0 spiro atoms. The fourth-order valence-corrected chi connectivity index (χ4v) is 2.30. The lowest BCUT2D eigenvalue weighted by Crippen LogP contribution is -2.36. The molecule has 0 unspecified atom stereocenters. The summed E-state index contributed by atoms with van der Waals surface area (Å²) in [7, 11) is 0. The summed E-state index contributed by atoms with van der Waals surface area (Å²) in [6.45, 7) is 2.18. The molecule has 2 aromatic rings. The summed E-state index contributed by atoms with van der Waals surface area (Å²) in [5.41, 5.74) is 1.76. The maximum absolute atomic E-state index is 12.4. The highest BCUT2D eigenvalue weighted by Crippen LogP contribution is 2.12. The van der Waals surface area contributed by atoms with Crippen molar-refractivity contribution < 1.29 is 24.2 Å². The van der Waals surface area contributed by atoms with Crippen LogP contribution in [0.3, 0.4) is 0 Å². The minimum absolute atomic E-state index is 0.122. The van der Waals surface area contributed by atoms with Crippen LogP contribution in [0.15, 0.2) is 54.6 Å². The van der Waals surface area contributed by atoms with Gasteiger partial charge in [0, 0.05) is 13.1 Å². The van der Waals surface area contributed by atoms with Gasteiger partial charge in [-0.05, 0) is 30.2 Å². The second-order valence-corrected chi connectivity index (χ2v) is 5.37. The van der Waals surface area contributed by atoms with Gasteiger partial charge in [0.25, 0.3) is 0 Å². The van der Waals surface area contributed by atoms with Crippen molar-refractivity contribution in [3.05, 3.63) is 71.3 Å². The molecule has 0 aromatic heterocycles. The summed E-state index contributed by atoms with van der Waals surface area (Å²) < 4.78 is 4.80. The van der Waals surface area contributed by atoms with Crippen molar-refractivity contribution >= 4 is 17.8 Å². The molecule has 2 rings (SSSR count). The highest BCUT2D eigenvalue weighted by Gasteiger charge is 2.23. The van der Waals surface area contributed by atoms with E-state index in [0.717, 1.165) is 11.1 Å². The van der Waals surface area contributed by atoms with Gasteiger partial charge < -0.3 is 14.7 Å². The zero-order valence-corrected chi connectivity index (χ0v) is 13.8. The molecular weight excluding hydrogens is 322 g/mol. The first kappa shape index (κ1) is 18.2. The van der Waals surface area contributed by atoms with Gasteiger partial charge in [0.05, 0.1) is 12.2 Å². The van der Waals surface area contributed by atoms with Crippen LogP contribution in [0.5, 0.6) is 0 Å². The highest BCUT2D eigenvalue weighted by atomic mass is 16.5. The van der Waals surface area contributed by atoms with Crippen molar-refractivity contribution in [2.24, 2.45) is 0 Å². The monoisotopic (exact) mass is 341 g/mol. The van der Waals surface area contributed by atoms with Crippen molar-refractivity contribution in [1.82, 2.24) is 4.90 Å². The number of rotatable bonds is 6. The van der Waals surface area contributed by atoms with Gasteiger partial charge in [-0.3, -0.25) is 4.79 Å². The fraction of sp³-hybridized carbons (Fsp3) is 0.211. The number of hydrogen-bond acceptors (Lipinski definition) is 4. The number of ether oxygens (including phenoxy) is 1. The molecule has 6 heteroatoms. The third kappa shape index (κ3) is 5.17. The Morgan fingerprint density at radius 1 is 0.920 bits per heavy atom. The van der Waals surface area contributed by atoms with E-state index in [1.54, 1.807) is 19.1 Å². The Morgan fingerprint density at radius 2 is 1.48 bits per heavy atom. The first-order chi connectivity index (χ1) is 12.0. The van der Waals surface area contributed by atoms with Crippen molar-refractivity contribution in [2.75, 3.05) is 6.61 Å². The number of esters is 1. The molecule has 25 heavy (non-hydrogen) atoms. The van der Waals surface area contributed by atoms with Crippen LogP contribution in [0, 0.1) is 0 Å². The number of nitrogens with zero attached hydrogens (tertiary/aromatic N) is 1. The molecule has 0 bridgehead atoms. The topological polar surface area (TPSA) is 83.9 Å². The van der Waals surface area contributed by atoms with E-state index in [9.17, 15) is 14.4 Å². The Labute approximate surface area is 145 Å². The first-order valence-corrected chi connectivity index (χ1v) is 7.83. The molecule has 0 saturated heterocycles. The predicted octanol–water partition coefficient (Wildman–Crippen LogP) is 2.48. The van der Waals surface area contributed by atoms with E-state index in [2.05, 4.69) is 0 Å². The lowest BCUT2D eigenvalue weighted by molar-refractivity contribution is -0.160. The number of carboxylic acid groups (broad SMARTS) is 1. The predicted molar refractivity (Wildman–Crippen MR) is 90.7 cm³/mol.